The molecular formula is C13H14O3. The van der Waals surface area contributed by atoms with Gasteiger partial charge in [0, 0.05) is 18.8 Å². The molecule has 0 aromatic heterocycles. The minimum Gasteiger partial charge on any atom is -0.458 e. The predicted molar refractivity (Wildman–Crippen MR) is 53.2 cm³/mol. The van der Waals surface area contributed by atoms with E-state index in [0.29, 0.717) is 35.4 Å². The first-order valence-corrected chi connectivity index (χ1v) is 6.38. The Labute approximate surface area is 93.5 Å². The molecule has 0 aromatic rings. The molecule has 0 saturated heterocycles. The summed E-state index contributed by atoms with van der Waals surface area (Å²) in [5, 5.41) is 0. The average Bonchev–Trinajstić information content (AvgIpc) is 2.84. The second kappa shape index (κ2) is 1.98. The van der Waals surface area contributed by atoms with Crippen LogP contribution in [0.1, 0.15) is 19.8 Å². The summed E-state index contributed by atoms with van der Waals surface area (Å²) in [6.07, 6.45) is 2.24. The van der Waals surface area contributed by atoms with Crippen LogP contribution in [0, 0.1) is 41.4 Å². The highest BCUT2D eigenvalue weighted by molar-refractivity contribution is 5.94. The standard InChI is InChI=1S/C13H14O3/c1-4(14)16-13-3-7-5-2-6-8(7)11(13)12(15)9(6)10(5)13/h5-11H,2-3H2,1H3. The molecule has 6 saturated carbocycles. The SMILES string of the molecule is CC(=O)OC12CC3C4CC5C(C(=O)C1C35)C42. The van der Waals surface area contributed by atoms with Gasteiger partial charge in [0.25, 0.3) is 0 Å². The zero-order valence-corrected chi connectivity index (χ0v) is 9.18. The minimum absolute atomic E-state index is 0.0974. The molecule has 84 valence electrons. The summed E-state index contributed by atoms with van der Waals surface area (Å²) < 4.78 is 5.69. The minimum atomic E-state index is -0.333. The van der Waals surface area contributed by atoms with E-state index in [4.69, 9.17) is 4.74 Å². The van der Waals surface area contributed by atoms with Crippen molar-refractivity contribution in [1.82, 2.24) is 0 Å². The fraction of sp³-hybridized carbons (Fsp3) is 0.846. The Hall–Kier alpha value is -0.860. The topological polar surface area (TPSA) is 43.4 Å². The number of hydrogen-bond acceptors (Lipinski definition) is 3. The highest BCUT2D eigenvalue weighted by Gasteiger charge is 2.88. The van der Waals surface area contributed by atoms with Crippen LogP contribution >= 0.6 is 0 Å². The largest absolute Gasteiger partial charge is 0.458 e. The summed E-state index contributed by atoms with van der Waals surface area (Å²) >= 11 is 0. The van der Waals surface area contributed by atoms with E-state index in [1.165, 1.54) is 13.3 Å². The van der Waals surface area contributed by atoms with Crippen LogP contribution in [0.2, 0.25) is 0 Å². The van der Waals surface area contributed by atoms with Crippen molar-refractivity contribution in [1.29, 1.82) is 0 Å². The van der Waals surface area contributed by atoms with Gasteiger partial charge in [0.15, 0.2) is 0 Å². The van der Waals surface area contributed by atoms with E-state index < -0.39 is 0 Å². The average molecular weight is 218 g/mol. The van der Waals surface area contributed by atoms with E-state index >= 15 is 0 Å². The van der Waals surface area contributed by atoms with Crippen molar-refractivity contribution in [3.8, 4) is 0 Å². The Morgan fingerprint density at radius 2 is 2.19 bits per heavy atom. The quantitative estimate of drug-likeness (QED) is 0.617. The van der Waals surface area contributed by atoms with Crippen molar-refractivity contribution in [2.75, 3.05) is 0 Å². The molecule has 0 spiro atoms. The van der Waals surface area contributed by atoms with Crippen molar-refractivity contribution in [2.45, 2.75) is 25.4 Å². The van der Waals surface area contributed by atoms with Crippen molar-refractivity contribution >= 4 is 11.8 Å². The zero-order chi connectivity index (χ0) is 10.8. The van der Waals surface area contributed by atoms with Crippen LogP contribution in [-0.4, -0.2) is 17.4 Å². The van der Waals surface area contributed by atoms with E-state index in [9.17, 15) is 9.59 Å². The van der Waals surface area contributed by atoms with Gasteiger partial charge < -0.3 is 4.74 Å². The smallest absolute Gasteiger partial charge is 0.303 e. The van der Waals surface area contributed by atoms with Crippen LogP contribution in [0.15, 0.2) is 0 Å². The number of ether oxygens (including phenoxy) is 1. The molecule has 6 fully saturated rings. The van der Waals surface area contributed by atoms with Gasteiger partial charge in [-0.15, -0.1) is 0 Å². The van der Waals surface area contributed by atoms with E-state index in [1.807, 2.05) is 0 Å². The number of Topliss-reactive ketones (excluding diaryl/α,β-unsaturated/α-hetero) is 1. The number of ketones is 1. The van der Waals surface area contributed by atoms with Crippen molar-refractivity contribution in [3.63, 3.8) is 0 Å². The summed E-state index contributed by atoms with van der Waals surface area (Å²) in [6, 6.07) is 0. The van der Waals surface area contributed by atoms with Crippen LogP contribution in [0.25, 0.3) is 0 Å². The summed E-state index contributed by atoms with van der Waals surface area (Å²) in [6.45, 7) is 1.49. The molecule has 8 atom stereocenters. The molecule has 6 aliphatic rings. The summed E-state index contributed by atoms with van der Waals surface area (Å²) in [4.78, 5) is 23.6. The first kappa shape index (κ1) is 8.26. The van der Waals surface area contributed by atoms with Gasteiger partial charge >= 0.3 is 5.97 Å². The number of carbonyl (C=O) groups is 2. The molecule has 3 nitrogen and oxygen atoms in total. The maximum absolute atomic E-state index is 12.3. The summed E-state index contributed by atoms with van der Waals surface area (Å²) in [7, 11) is 0. The fourth-order valence-corrected chi connectivity index (χ4v) is 6.66. The van der Waals surface area contributed by atoms with Gasteiger partial charge in [-0.1, -0.05) is 0 Å². The number of carbonyl (C=O) groups excluding carboxylic acids is 2. The lowest BCUT2D eigenvalue weighted by Crippen LogP contribution is -2.46. The molecule has 16 heavy (non-hydrogen) atoms. The third-order valence-corrected chi connectivity index (χ3v) is 6.39. The molecule has 0 aromatic carbocycles. The molecule has 0 aliphatic heterocycles. The maximum Gasteiger partial charge on any atom is 0.303 e. The fourth-order valence-electron chi connectivity index (χ4n) is 6.66. The first-order valence-electron chi connectivity index (χ1n) is 6.38. The van der Waals surface area contributed by atoms with Gasteiger partial charge in [-0.25, -0.2) is 0 Å². The number of hydrogen-bond donors (Lipinski definition) is 0. The van der Waals surface area contributed by atoms with Gasteiger partial charge in [0.2, 0.25) is 0 Å². The molecule has 0 amide bonds. The Morgan fingerprint density at radius 3 is 2.94 bits per heavy atom. The van der Waals surface area contributed by atoms with E-state index in [0.717, 1.165) is 6.42 Å². The molecule has 6 aliphatic carbocycles. The van der Waals surface area contributed by atoms with Gasteiger partial charge in [0.1, 0.15) is 11.4 Å². The highest BCUT2D eigenvalue weighted by Crippen LogP contribution is 2.83. The van der Waals surface area contributed by atoms with Gasteiger partial charge in [0.05, 0.1) is 5.92 Å². The lowest BCUT2D eigenvalue weighted by molar-refractivity contribution is -0.168. The van der Waals surface area contributed by atoms with Crippen LogP contribution in [0.4, 0.5) is 0 Å². The van der Waals surface area contributed by atoms with Crippen molar-refractivity contribution in [3.05, 3.63) is 0 Å². The molecule has 0 N–H and O–H groups in total. The normalized spacial score (nSPS) is 66.6. The molecule has 8 unspecified atom stereocenters. The lowest BCUT2D eigenvalue weighted by atomic mass is 9.69. The number of rotatable bonds is 1. The number of esters is 1. The zero-order valence-electron chi connectivity index (χ0n) is 9.18. The molecule has 0 heterocycles. The molecule has 6 bridgehead atoms. The molecule has 0 radical (unpaired) electrons. The van der Waals surface area contributed by atoms with Crippen LogP contribution < -0.4 is 0 Å². The third-order valence-electron chi connectivity index (χ3n) is 6.39. The van der Waals surface area contributed by atoms with Crippen LogP contribution in [0.3, 0.4) is 0 Å². The van der Waals surface area contributed by atoms with Crippen LogP contribution in [-0.2, 0) is 14.3 Å². The molecular weight excluding hydrogens is 204 g/mol. The first-order chi connectivity index (χ1) is 7.65. The van der Waals surface area contributed by atoms with Gasteiger partial charge in [-0.05, 0) is 36.5 Å². The van der Waals surface area contributed by atoms with Crippen LogP contribution in [0.5, 0.6) is 0 Å². The summed E-state index contributed by atoms with van der Waals surface area (Å²) in [5.41, 5.74) is -0.333. The summed E-state index contributed by atoms with van der Waals surface area (Å²) in [5.74, 6) is 3.72. The molecule has 3 heteroatoms. The van der Waals surface area contributed by atoms with Gasteiger partial charge in [-0.3, -0.25) is 9.59 Å². The Balaban J connectivity index is 1.74. The maximum atomic E-state index is 12.3. The van der Waals surface area contributed by atoms with Gasteiger partial charge in [-0.2, -0.15) is 0 Å². The molecule has 6 rings (SSSR count). The Bertz CT molecular complexity index is 456. The lowest BCUT2D eigenvalue weighted by Gasteiger charge is -2.40. The van der Waals surface area contributed by atoms with Crippen molar-refractivity contribution in [2.24, 2.45) is 41.4 Å². The monoisotopic (exact) mass is 218 g/mol. The van der Waals surface area contributed by atoms with E-state index in [2.05, 4.69) is 0 Å². The van der Waals surface area contributed by atoms with Crippen molar-refractivity contribution < 1.29 is 14.3 Å². The third kappa shape index (κ3) is 0.518. The van der Waals surface area contributed by atoms with E-state index in [1.54, 1.807) is 0 Å². The Kier molecular flexibility index (Phi) is 1.02. The Morgan fingerprint density at radius 1 is 1.38 bits per heavy atom. The second-order valence-corrected chi connectivity index (χ2v) is 6.49. The highest BCUT2D eigenvalue weighted by atomic mass is 16.6. The second-order valence-electron chi connectivity index (χ2n) is 6.49. The predicted octanol–water partition coefficient (Wildman–Crippen LogP) is 1.02. The van der Waals surface area contributed by atoms with E-state index in [-0.39, 0.29) is 23.4 Å².